The molecule has 12 nitrogen and oxygen atoms in total. The summed E-state index contributed by atoms with van der Waals surface area (Å²) < 4.78 is 46.9. The third kappa shape index (κ3) is 10.9. The predicted octanol–water partition coefficient (Wildman–Crippen LogP) is 6.63. The molecule has 0 fully saturated rings. The summed E-state index contributed by atoms with van der Waals surface area (Å²) in [6, 6.07) is 20.2. The number of aromatic nitrogens is 3. The maximum Gasteiger partial charge on any atom is 0.412 e. The van der Waals surface area contributed by atoms with Gasteiger partial charge < -0.3 is 18.9 Å². The van der Waals surface area contributed by atoms with Crippen molar-refractivity contribution in [1.29, 1.82) is 0 Å². The summed E-state index contributed by atoms with van der Waals surface area (Å²) >= 11 is 6.16. The number of hydrogen-bond donors (Lipinski definition) is 1. The highest BCUT2D eigenvalue weighted by Crippen LogP contribution is 2.40. The first-order valence-electron chi connectivity index (χ1n) is 12.8. The molecule has 0 aliphatic carbocycles. The molecule has 4 aromatic rings. The summed E-state index contributed by atoms with van der Waals surface area (Å²) in [5.41, 5.74) is 1.69. The Bertz CT molecular complexity index is 1630. The number of methoxy groups -OCH3 is 1. The molecular weight excluding hydrogens is 598 g/mol. The molecule has 0 aliphatic rings. The summed E-state index contributed by atoms with van der Waals surface area (Å²) in [5.74, 6) is 0.196. The van der Waals surface area contributed by atoms with Gasteiger partial charge in [0.25, 0.3) is 5.88 Å². The SMILES string of the molecule is CC(C)(C)c1ccccc1.COc1ccc(Cl)c(Oc2c(N=S(=O)=O)ncnc2OCCOC(=O)Nc2ccccn2)c1. The van der Waals surface area contributed by atoms with Crippen LogP contribution in [0, 0.1) is 0 Å². The van der Waals surface area contributed by atoms with Crippen LogP contribution in [0.1, 0.15) is 26.3 Å². The Morgan fingerprint density at radius 3 is 2.35 bits per heavy atom. The fraction of sp³-hybridized carbons (Fsp3) is 0.241. The van der Waals surface area contributed by atoms with Crippen molar-refractivity contribution in [3.05, 3.63) is 89.8 Å². The predicted molar refractivity (Wildman–Crippen MR) is 161 cm³/mol. The maximum atomic E-state index is 11.8. The molecule has 1 N–H and O–H groups in total. The number of nitrogens with one attached hydrogen (secondary N) is 1. The van der Waals surface area contributed by atoms with Crippen LogP contribution in [-0.2, 0) is 20.7 Å². The van der Waals surface area contributed by atoms with E-state index in [1.54, 1.807) is 24.3 Å². The lowest BCUT2D eigenvalue weighted by Gasteiger charge is -2.18. The minimum Gasteiger partial charge on any atom is -0.497 e. The molecule has 0 spiro atoms. The van der Waals surface area contributed by atoms with Gasteiger partial charge in [0, 0.05) is 12.3 Å². The molecule has 1 amide bonds. The van der Waals surface area contributed by atoms with Crippen LogP contribution in [0.4, 0.5) is 16.4 Å². The van der Waals surface area contributed by atoms with Crippen LogP contribution in [0.2, 0.25) is 5.02 Å². The Kier molecular flexibility index (Phi) is 12.2. The lowest BCUT2D eigenvalue weighted by molar-refractivity contribution is 0.135. The van der Waals surface area contributed by atoms with Gasteiger partial charge in [-0.1, -0.05) is 68.8 Å². The van der Waals surface area contributed by atoms with Gasteiger partial charge in [0.1, 0.15) is 36.9 Å². The first kappa shape index (κ1) is 32.8. The Balaban J connectivity index is 0.000000428. The van der Waals surface area contributed by atoms with Crippen molar-refractivity contribution in [2.75, 3.05) is 25.6 Å². The molecule has 0 radical (unpaired) electrons. The van der Waals surface area contributed by atoms with Crippen molar-refractivity contribution in [3.63, 3.8) is 0 Å². The van der Waals surface area contributed by atoms with E-state index in [1.165, 1.54) is 31.0 Å². The number of anilines is 1. The second kappa shape index (κ2) is 16.0. The first-order valence-corrected chi connectivity index (χ1v) is 14.2. The number of pyridine rings is 1. The summed E-state index contributed by atoms with van der Waals surface area (Å²) in [6.07, 6.45) is 1.81. The van der Waals surface area contributed by atoms with E-state index >= 15 is 0 Å². The summed E-state index contributed by atoms with van der Waals surface area (Å²) in [6.45, 7) is 6.36. The number of carbonyl (C=O) groups excluding carboxylic acids is 1. The van der Waals surface area contributed by atoms with Crippen molar-refractivity contribution >= 4 is 39.8 Å². The normalized spacial score (nSPS) is 10.4. The molecule has 2 heterocycles. The average Bonchev–Trinajstić information content (AvgIpc) is 2.98. The largest absolute Gasteiger partial charge is 0.497 e. The molecule has 0 bridgehead atoms. The van der Waals surface area contributed by atoms with Crippen LogP contribution in [0.15, 0.2) is 83.6 Å². The van der Waals surface area contributed by atoms with Crippen LogP contribution >= 0.6 is 11.6 Å². The first-order chi connectivity index (χ1) is 20.6. The zero-order valence-electron chi connectivity index (χ0n) is 23.9. The zero-order chi connectivity index (χ0) is 31.2. The van der Waals surface area contributed by atoms with Crippen LogP contribution < -0.4 is 19.5 Å². The molecule has 2 aromatic heterocycles. The number of ether oxygens (including phenoxy) is 4. The second-order valence-corrected chi connectivity index (χ2v) is 10.5. The van der Waals surface area contributed by atoms with Gasteiger partial charge in [0.15, 0.2) is 0 Å². The molecule has 4 rings (SSSR count). The Morgan fingerprint density at radius 1 is 0.977 bits per heavy atom. The third-order valence-electron chi connectivity index (χ3n) is 5.35. The highest BCUT2D eigenvalue weighted by atomic mass is 35.5. The van der Waals surface area contributed by atoms with Gasteiger partial charge in [-0.2, -0.15) is 13.4 Å². The summed E-state index contributed by atoms with van der Waals surface area (Å²) in [7, 11) is -1.37. The fourth-order valence-electron chi connectivity index (χ4n) is 3.26. The van der Waals surface area contributed by atoms with E-state index in [1.807, 2.05) is 0 Å². The van der Waals surface area contributed by atoms with Crippen molar-refractivity contribution in [2.45, 2.75) is 26.2 Å². The molecule has 2 aromatic carbocycles. The van der Waals surface area contributed by atoms with Crippen LogP contribution in [-0.4, -0.2) is 49.8 Å². The number of halogens is 1. The van der Waals surface area contributed by atoms with Crippen molar-refractivity contribution < 1.29 is 32.2 Å². The lowest BCUT2D eigenvalue weighted by atomic mass is 9.87. The highest BCUT2D eigenvalue weighted by Gasteiger charge is 2.18. The van der Waals surface area contributed by atoms with Crippen molar-refractivity contribution in [2.24, 2.45) is 4.36 Å². The minimum atomic E-state index is -2.83. The number of carbonyl (C=O) groups is 1. The molecule has 14 heteroatoms. The van der Waals surface area contributed by atoms with E-state index in [2.05, 4.69) is 75.7 Å². The van der Waals surface area contributed by atoms with Crippen molar-refractivity contribution in [3.8, 4) is 23.1 Å². The van der Waals surface area contributed by atoms with E-state index < -0.39 is 16.6 Å². The topological polar surface area (TPSA) is 151 Å². The summed E-state index contributed by atoms with van der Waals surface area (Å²) in [4.78, 5) is 23.5. The van der Waals surface area contributed by atoms with Crippen LogP contribution in [0.3, 0.4) is 0 Å². The Labute approximate surface area is 255 Å². The van der Waals surface area contributed by atoms with Gasteiger partial charge >= 0.3 is 16.6 Å². The molecule has 0 atom stereocenters. The van der Waals surface area contributed by atoms with E-state index in [4.69, 9.17) is 30.5 Å². The van der Waals surface area contributed by atoms with Crippen molar-refractivity contribution in [1.82, 2.24) is 15.0 Å². The molecule has 0 saturated heterocycles. The minimum absolute atomic E-state index is 0.120. The molecule has 43 heavy (non-hydrogen) atoms. The number of benzene rings is 2. The molecular formula is C29H30ClN5O7S. The monoisotopic (exact) mass is 627 g/mol. The molecule has 226 valence electrons. The van der Waals surface area contributed by atoms with Gasteiger partial charge in [-0.05, 0) is 35.2 Å². The number of hydrogen-bond acceptors (Lipinski definition) is 11. The highest BCUT2D eigenvalue weighted by molar-refractivity contribution is 7.61. The Hall–Kier alpha value is -4.75. The van der Waals surface area contributed by atoms with E-state index in [0.29, 0.717) is 17.0 Å². The smallest absolute Gasteiger partial charge is 0.412 e. The van der Waals surface area contributed by atoms with Gasteiger partial charge in [0.05, 0.1) is 12.1 Å². The molecule has 0 unspecified atom stereocenters. The average molecular weight is 628 g/mol. The zero-order valence-corrected chi connectivity index (χ0v) is 25.4. The van der Waals surface area contributed by atoms with Gasteiger partial charge in [-0.25, -0.2) is 14.8 Å². The summed E-state index contributed by atoms with van der Waals surface area (Å²) in [5, 5.41) is 2.65. The van der Waals surface area contributed by atoms with Crippen LogP contribution in [0.5, 0.6) is 23.1 Å². The van der Waals surface area contributed by atoms with Crippen LogP contribution in [0.25, 0.3) is 0 Å². The maximum absolute atomic E-state index is 11.8. The van der Waals surface area contributed by atoms with E-state index in [-0.39, 0.29) is 41.4 Å². The number of rotatable bonds is 9. The second-order valence-electron chi connectivity index (χ2n) is 9.48. The van der Waals surface area contributed by atoms with Gasteiger partial charge in [-0.15, -0.1) is 4.36 Å². The van der Waals surface area contributed by atoms with Gasteiger partial charge in [0.2, 0.25) is 11.6 Å². The standard InChI is InChI=1S/C19H16ClN5O7S.C10H14/c1-29-12-5-6-13(20)14(10-12)32-16-17(25-33(27)28)22-11-23-18(16)30-8-9-31-19(26)24-15-4-2-3-7-21-15;1-10(2,3)9-7-5-4-6-8-9/h2-7,10-11H,8-9H2,1H3,(H,21,24,26);4-8H,1-3H3. The quantitative estimate of drug-likeness (QED) is 0.200. The van der Waals surface area contributed by atoms with E-state index in [9.17, 15) is 13.2 Å². The third-order valence-corrected chi connectivity index (χ3v) is 5.99. The van der Waals surface area contributed by atoms with Gasteiger partial charge in [-0.3, -0.25) is 5.32 Å². The number of nitrogens with zero attached hydrogens (tertiary/aromatic N) is 4. The molecule has 0 saturated carbocycles. The number of amides is 1. The lowest BCUT2D eigenvalue weighted by Crippen LogP contribution is -2.18. The Morgan fingerprint density at radius 2 is 1.72 bits per heavy atom. The molecule has 0 aliphatic heterocycles. The fourth-order valence-corrected chi connectivity index (χ4v) is 3.69. The van der Waals surface area contributed by atoms with E-state index in [0.717, 1.165) is 6.33 Å².